The molecule has 3 aliphatic rings. The summed E-state index contributed by atoms with van der Waals surface area (Å²) in [5, 5.41) is 11.4. The summed E-state index contributed by atoms with van der Waals surface area (Å²) in [6.45, 7) is 10.1. The Morgan fingerprint density at radius 3 is 2.57 bits per heavy atom. The SMILES string of the molecule is CCc1cc(Nc2ncc(Cl)c(Nc3ccccc3P(C)(C)=O)n2)c(OC)cc1N1CCC(N2C[C@@H]3C[C@H]2CN3)CC1. The van der Waals surface area contributed by atoms with Gasteiger partial charge in [-0.25, -0.2) is 4.98 Å². The van der Waals surface area contributed by atoms with Crippen molar-refractivity contribution in [2.24, 2.45) is 0 Å². The number of piperidine rings is 1. The molecule has 9 nitrogen and oxygen atoms in total. The number of nitrogens with one attached hydrogen (secondary N) is 3. The number of nitrogens with zero attached hydrogens (tertiary/aromatic N) is 4. The van der Waals surface area contributed by atoms with Gasteiger partial charge in [-0.2, -0.15) is 4.98 Å². The molecule has 11 heteroatoms. The first-order valence-electron chi connectivity index (χ1n) is 14.9. The summed E-state index contributed by atoms with van der Waals surface area (Å²) in [5.41, 5.74) is 4.01. The summed E-state index contributed by atoms with van der Waals surface area (Å²) in [6, 6.07) is 13.9. The van der Waals surface area contributed by atoms with Crippen LogP contribution >= 0.6 is 18.7 Å². The maximum Gasteiger partial charge on any atom is 0.229 e. The molecule has 4 heterocycles. The normalized spacial score (nSPS) is 21.1. The lowest BCUT2D eigenvalue weighted by Crippen LogP contribution is -2.52. The second-order valence-corrected chi connectivity index (χ2v) is 15.5. The number of aromatic nitrogens is 2. The number of methoxy groups -OCH3 is 1. The standard InChI is InChI=1S/C31H41ClN7O2P/c1-5-20-14-26(36-31-34-18-24(32)30(37-31)35-25-8-6-7-9-29(25)42(3,4)40)28(41-2)16-27(20)38-12-10-22(11-13-38)39-19-21-15-23(39)17-33-21/h6-9,14,16,18,21-23,33H,5,10-13,15,17,19H2,1-4H3,(H2,34,35,36,37)/t21-,23-/m0/s1. The Morgan fingerprint density at radius 2 is 1.90 bits per heavy atom. The van der Waals surface area contributed by atoms with Crippen molar-refractivity contribution in [1.29, 1.82) is 0 Å². The number of hydrogen-bond acceptors (Lipinski definition) is 9. The van der Waals surface area contributed by atoms with E-state index in [9.17, 15) is 4.57 Å². The average molecular weight is 610 g/mol. The first kappa shape index (κ1) is 29.2. The molecule has 2 bridgehead atoms. The van der Waals surface area contributed by atoms with Crippen LogP contribution in [-0.4, -0.2) is 79.6 Å². The first-order valence-corrected chi connectivity index (χ1v) is 17.9. The molecular formula is C31H41ClN7O2P. The molecule has 3 aromatic rings. The molecule has 0 unspecified atom stereocenters. The van der Waals surface area contributed by atoms with Gasteiger partial charge >= 0.3 is 0 Å². The summed E-state index contributed by atoms with van der Waals surface area (Å²) in [4.78, 5) is 14.4. The highest BCUT2D eigenvalue weighted by Crippen LogP contribution is 2.40. The number of anilines is 5. The van der Waals surface area contributed by atoms with Crippen LogP contribution in [0.1, 0.15) is 31.7 Å². The molecule has 3 aliphatic heterocycles. The van der Waals surface area contributed by atoms with Crippen molar-refractivity contribution < 1.29 is 9.30 Å². The number of hydrogen-bond donors (Lipinski definition) is 3. The Kier molecular flexibility index (Phi) is 8.38. The number of piperazine rings is 1. The minimum Gasteiger partial charge on any atom is -0.494 e. The van der Waals surface area contributed by atoms with E-state index < -0.39 is 7.14 Å². The van der Waals surface area contributed by atoms with Gasteiger partial charge < -0.3 is 30.2 Å². The molecule has 2 aromatic carbocycles. The third-order valence-electron chi connectivity index (χ3n) is 8.88. The van der Waals surface area contributed by atoms with Gasteiger partial charge in [0.05, 0.1) is 24.7 Å². The second kappa shape index (κ2) is 12.0. The lowest BCUT2D eigenvalue weighted by atomic mass is 9.99. The number of aryl methyl sites for hydroxylation is 1. The third kappa shape index (κ3) is 5.98. The van der Waals surface area contributed by atoms with Crippen LogP contribution in [0.15, 0.2) is 42.6 Å². The van der Waals surface area contributed by atoms with E-state index in [1.165, 1.54) is 37.1 Å². The van der Waals surface area contributed by atoms with Gasteiger partial charge in [0, 0.05) is 61.4 Å². The van der Waals surface area contributed by atoms with Crippen molar-refractivity contribution in [3.8, 4) is 5.75 Å². The van der Waals surface area contributed by atoms with Crippen LogP contribution in [0.25, 0.3) is 0 Å². The molecule has 224 valence electrons. The Balaban J connectivity index is 1.20. The molecule has 3 saturated heterocycles. The zero-order valence-corrected chi connectivity index (χ0v) is 26.5. The summed E-state index contributed by atoms with van der Waals surface area (Å²) >= 11 is 6.48. The molecule has 2 atom stereocenters. The molecule has 1 aromatic heterocycles. The van der Waals surface area contributed by atoms with Crippen molar-refractivity contribution in [2.75, 3.05) is 62.2 Å². The van der Waals surface area contributed by atoms with Crippen LogP contribution in [0.3, 0.4) is 0 Å². The van der Waals surface area contributed by atoms with Crippen LogP contribution in [0.5, 0.6) is 5.75 Å². The fourth-order valence-corrected chi connectivity index (χ4v) is 8.04. The minimum absolute atomic E-state index is 0.371. The highest BCUT2D eigenvalue weighted by Gasteiger charge is 2.41. The van der Waals surface area contributed by atoms with Crippen molar-refractivity contribution >= 4 is 52.9 Å². The van der Waals surface area contributed by atoms with Crippen LogP contribution in [0, 0.1) is 0 Å². The zero-order valence-electron chi connectivity index (χ0n) is 24.9. The summed E-state index contributed by atoms with van der Waals surface area (Å²) in [6.07, 6.45) is 6.16. The molecule has 0 aliphatic carbocycles. The summed E-state index contributed by atoms with van der Waals surface area (Å²) < 4.78 is 18.7. The van der Waals surface area contributed by atoms with E-state index >= 15 is 0 Å². The fourth-order valence-electron chi connectivity index (χ4n) is 6.75. The largest absolute Gasteiger partial charge is 0.494 e. The third-order valence-corrected chi connectivity index (χ3v) is 10.7. The predicted molar refractivity (Wildman–Crippen MR) is 174 cm³/mol. The number of rotatable bonds is 9. The topological polar surface area (TPSA) is 94.6 Å². The molecule has 42 heavy (non-hydrogen) atoms. The Hall–Kier alpha value is -2.84. The van der Waals surface area contributed by atoms with Crippen molar-refractivity contribution in [3.63, 3.8) is 0 Å². The van der Waals surface area contributed by atoms with Crippen LogP contribution in [0.2, 0.25) is 5.02 Å². The smallest absolute Gasteiger partial charge is 0.229 e. The lowest BCUT2D eigenvalue weighted by molar-refractivity contribution is 0.137. The van der Waals surface area contributed by atoms with E-state index in [1.54, 1.807) is 26.6 Å². The van der Waals surface area contributed by atoms with E-state index in [1.807, 2.05) is 24.3 Å². The van der Waals surface area contributed by atoms with E-state index in [0.29, 0.717) is 34.6 Å². The molecular weight excluding hydrogens is 569 g/mol. The maximum atomic E-state index is 12.9. The Morgan fingerprint density at radius 1 is 1.12 bits per heavy atom. The maximum absolute atomic E-state index is 12.9. The van der Waals surface area contributed by atoms with Crippen molar-refractivity contribution in [3.05, 3.63) is 53.2 Å². The average Bonchev–Trinajstić information content (AvgIpc) is 3.63. The predicted octanol–water partition coefficient (Wildman–Crippen LogP) is 5.45. The number of halogens is 1. The zero-order chi connectivity index (χ0) is 29.4. The van der Waals surface area contributed by atoms with Crippen molar-refractivity contribution in [2.45, 2.75) is 50.7 Å². The lowest BCUT2D eigenvalue weighted by Gasteiger charge is -2.41. The van der Waals surface area contributed by atoms with E-state index in [0.717, 1.165) is 48.8 Å². The molecule has 3 fully saturated rings. The molecule has 0 amide bonds. The molecule has 0 spiro atoms. The second-order valence-electron chi connectivity index (χ2n) is 12.0. The van der Waals surface area contributed by atoms with E-state index in [2.05, 4.69) is 54.8 Å². The van der Waals surface area contributed by atoms with Gasteiger partial charge in [-0.1, -0.05) is 30.7 Å². The fraction of sp³-hybridized carbons (Fsp3) is 0.484. The number of likely N-dealkylation sites (tertiary alicyclic amines) is 1. The van der Waals surface area contributed by atoms with Crippen molar-refractivity contribution in [1.82, 2.24) is 20.2 Å². The Labute approximate surface area is 253 Å². The Bertz CT molecular complexity index is 1490. The van der Waals surface area contributed by atoms with Crippen LogP contribution in [-0.2, 0) is 11.0 Å². The monoisotopic (exact) mass is 609 g/mol. The highest BCUT2D eigenvalue weighted by atomic mass is 35.5. The first-order chi connectivity index (χ1) is 20.2. The number of benzene rings is 2. The van der Waals surface area contributed by atoms with Gasteiger partial charge in [-0.05, 0) is 62.8 Å². The van der Waals surface area contributed by atoms with Gasteiger partial charge in [0.25, 0.3) is 0 Å². The molecule has 3 N–H and O–H groups in total. The van der Waals surface area contributed by atoms with Gasteiger partial charge in [-0.3, -0.25) is 4.90 Å². The van der Waals surface area contributed by atoms with E-state index in [-0.39, 0.29) is 0 Å². The molecule has 0 saturated carbocycles. The van der Waals surface area contributed by atoms with Gasteiger partial charge in [-0.15, -0.1) is 0 Å². The summed E-state index contributed by atoms with van der Waals surface area (Å²) in [7, 11) is -0.819. The summed E-state index contributed by atoms with van der Waals surface area (Å²) in [5.74, 6) is 1.56. The highest BCUT2D eigenvalue weighted by molar-refractivity contribution is 7.70. The molecule has 6 rings (SSSR count). The number of para-hydroxylation sites is 1. The van der Waals surface area contributed by atoms with Crippen LogP contribution in [0.4, 0.5) is 28.8 Å². The molecule has 0 radical (unpaired) electrons. The van der Waals surface area contributed by atoms with Gasteiger partial charge in [0.1, 0.15) is 17.9 Å². The number of ether oxygens (including phenoxy) is 1. The minimum atomic E-state index is -2.51. The number of fused-ring (bicyclic) bond motifs is 2. The van der Waals surface area contributed by atoms with Crippen LogP contribution < -0.4 is 30.9 Å². The van der Waals surface area contributed by atoms with Gasteiger partial charge in [0.15, 0.2) is 5.82 Å². The van der Waals surface area contributed by atoms with Gasteiger partial charge in [0.2, 0.25) is 5.95 Å². The quantitative estimate of drug-likeness (QED) is 0.274. The van der Waals surface area contributed by atoms with E-state index in [4.69, 9.17) is 16.3 Å².